The van der Waals surface area contributed by atoms with Gasteiger partial charge in [0, 0.05) is 18.1 Å². The summed E-state index contributed by atoms with van der Waals surface area (Å²) in [6.45, 7) is 5.31. The van der Waals surface area contributed by atoms with Crippen LogP contribution >= 0.6 is 0 Å². The molecular weight excluding hydrogens is 188 g/mol. The first-order chi connectivity index (χ1) is 7.31. The van der Waals surface area contributed by atoms with E-state index in [0.29, 0.717) is 18.1 Å². The van der Waals surface area contributed by atoms with Crippen molar-refractivity contribution < 1.29 is 4.74 Å². The Balaban J connectivity index is 1.86. The van der Waals surface area contributed by atoms with Gasteiger partial charge in [0.15, 0.2) is 0 Å². The number of hydrogen-bond acceptors (Lipinski definition) is 3. The fraction of sp³-hybridized carbons (Fsp3) is 1.00. The van der Waals surface area contributed by atoms with Crippen LogP contribution in [-0.2, 0) is 4.74 Å². The number of fused-ring (bicyclic) bond motifs is 2. The molecule has 2 bridgehead atoms. The van der Waals surface area contributed by atoms with Gasteiger partial charge in [0.25, 0.3) is 0 Å². The van der Waals surface area contributed by atoms with Gasteiger partial charge in [0.2, 0.25) is 0 Å². The van der Waals surface area contributed by atoms with Crippen molar-refractivity contribution in [3.63, 3.8) is 0 Å². The summed E-state index contributed by atoms with van der Waals surface area (Å²) in [5.41, 5.74) is 6.06. The van der Waals surface area contributed by atoms with E-state index in [-0.39, 0.29) is 0 Å². The Morgan fingerprint density at radius 3 is 2.47 bits per heavy atom. The van der Waals surface area contributed by atoms with E-state index in [1.807, 2.05) is 0 Å². The lowest BCUT2D eigenvalue weighted by molar-refractivity contribution is -0.0779. The van der Waals surface area contributed by atoms with Crippen molar-refractivity contribution in [2.75, 3.05) is 19.8 Å². The molecule has 2 N–H and O–H groups in total. The first-order valence-corrected chi connectivity index (χ1v) is 6.40. The van der Waals surface area contributed by atoms with Crippen LogP contribution in [0.4, 0.5) is 0 Å². The molecule has 2 atom stereocenters. The third kappa shape index (κ3) is 2.71. The van der Waals surface area contributed by atoms with Gasteiger partial charge in [-0.15, -0.1) is 0 Å². The fourth-order valence-corrected chi connectivity index (χ4v) is 2.94. The molecule has 2 saturated heterocycles. The van der Waals surface area contributed by atoms with E-state index in [0.717, 1.165) is 26.1 Å². The third-order valence-electron chi connectivity index (χ3n) is 3.73. The zero-order valence-corrected chi connectivity index (χ0v) is 9.82. The zero-order chi connectivity index (χ0) is 10.7. The van der Waals surface area contributed by atoms with Crippen LogP contribution in [0.15, 0.2) is 0 Å². The van der Waals surface area contributed by atoms with Crippen molar-refractivity contribution in [3.8, 4) is 0 Å². The highest BCUT2D eigenvalue weighted by Crippen LogP contribution is 2.27. The van der Waals surface area contributed by atoms with Crippen molar-refractivity contribution >= 4 is 0 Å². The van der Waals surface area contributed by atoms with E-state index in [2.05, 4.69) is 11.8 Å². The van der Waals surface area contributed by atoms with Crippen molar-refractivity contribution in [1.82, 2.24) is 4.90 Å². The molecule has 0 aromatic heterocycles. The molecule has 2 unspecified atom stereocenters. The van der Waals surface area contributed by atoms with Crippen molar-refractivity contribution in [2.24, 2.45) is 5.73 Å². The van der Waals surface area contributed by atoms with Gasteiger partial charge in [-0.3, -0.25) is 4.90 Å². The third-order valence-corrected chi connectivity index (χ3v) is 3.73. The van der Waals surface area contributed by atoms with Crippen molar-refractivity contribution in [1.29, 1.82) is 0 Å². The molecule has 15 heavy (non-hydrogen) atoms. The molecule has 3 heteroatoms. The van der Waals surface area contributed by atoms with E-state index in [4.69, 9.17) is 10.5 Å². The minimum absolute atomic E-state index is 0.409. The summed E-state index contributed by atoms with van der Waals surface area (Å²) in [6, 6.07) is 1.61. The van der Waals surface area contributed by atoms with Crippen LogP contribution in [0.3, 0.4) is 0 Å². The molecule has 0 saturated carbocycles. The largest absolute Gasteiger partial charge is 0.378 e. The van der Waals surface area contributed by atoms with Gasteiger partial charge in [-0.2, -0.15) is 0 Å². The molecule has 3 nitrogen and oxygen atoms in total. The maximum Gasteiger partial charge on any atom is 0.0623 e. The smallest absolute Gasteiger partial charge is 0.0623 e. The topological polar surface area (TPSA) is 38.5 Å². The molecule has 0 amide bonds. The number of piperidine rings is 1. The molecule has 0 aromatic rings. The maximum atomic E-state index is 6.06. The number of rotatable bonds is 4. The lowest BCUT2D eigenvalue weighted by Gasteiger charge is -2.47. The zero-order valence-electron chi connectivity index (χ0n) is 9.82. The highest BCUT2D eigenvalue weighted by molar-refractivity contribution is 4.92. The Labute approximate surface area is 93.0 Å². The van der Waals surface area contributed by atoms with Crippen LogP contribution in [0.2, 0.25) is 0 Å². The Morgan fingerprint density at radius 1 is 1.20 bits per heavy atom. The number of nitrogens with two attached hydrogens (primary N) is 1. The van der Waals surface area contributed by atoms with Crippen LogP contribution < -0.4 is 5.73 Å². The summed E-state index contributed by atoms with van der Waals surface area (Å²) in [5, 5.41) is 0. The molecule has 2 rings (SSSR count). The van der Waals surface area contributed by atoms with Gasteiger partial charge < -0.3 is 10.5 Å². The Morgan fingerprint density at radius 2 is 1.87 bits per heavy atom. The van der Waals surface area contributed by atoms with E-state index in [1.54, 1.807) is 0 Å². The van der Waals surface area contributed by atoms with Crippen molar-refractivity contribution in [3.05, 3.63) is 0 Å². The monoisotopic (exact) mass is 212 g/mol. The van der Waals surface area contributed by atoms with E-state index < -0.39 is 0 Å². The van der Waals surface area contributed by atoms with Gasteiger partial charge in [-0.1, -0.05) is 19.8 Å². The highest BCUT2D eigenvalue weighted by atomic mass is 16.5. The predicted octanol–water partition coefficient (Wildman–Crippen LogP) is 1.37. The van der Waals surface area contributed by atoms with Gasteiger partial charge in [0.1, 0.15) is 0 Å². The first kappa shape index (κ1) is 11.4. The minimum atomic E-state index is 0.409. The molecule has 2 heterocycles. The molecule has 2 aliphatic heterocycles. The van der Waals surface area contributed by atoms with Crippen LogP contribution in [0.1, 0.15) is 39.0 Å². The van der Waals surface area contributed by atoms with Crippen molar-refractivity contribution in [2.45, 2.75) is 57.2 Å². The number of morpholine rings is 1. The lowest BCUT2D eigenvalue weighted by atomic mass is 9.90. The number of nitrogens with zero attached hydrogens (tertiary/aromatic N) is 1. The second-order valence-electron chi connectivity index (χ2n) is 5.02. The lowest BCUT2D eigenvalue weighted by Crippen LogP contribution is -2.59. The predicted molar refractivity (Wildman–Crippen MR) is 61.8 cm³/mol. The number of unbranched alkanes of at least 4 members (excludes halogenated alkanes) is 2. The van der Waals surface area contributed by atoms with Gasteiger partial charge in [-0.05, 0) is 25.8 Å². The molecule has 2 fully saturated rings. The summed E-state index contributed by atoms with van der Waals surface area (Å²) in [6.07, 6.45) is 6.24. The molecule has 0 aliphatic carbocycles. The summed E-state index contributed by atoms with van der Waals surface area (Å²) in [7, 11) is 0. The van der Waals surface area contributed by atoms with Crippen LogP contribution in [0.5, 0.6) is 0 Å². The maximum absolute atomic E-state index is 6.06. The highest BCUT2D eigenvalue weighted by Gasteiger charge is 2.37. The summed E-state index contributed by atoms with van der Waals surface area (Å²) < 4.78 is 5.62. The Kier molecular flexibility index (Phi) is 4.00. The first-order valence-electron chi connectivity index (χ1n) is 6.40. The van der Waals surface area contributed by atoms with E-state index in [1.165, 1.54) is 25.8 Å². The molecule has 88 valence electrons. The summed E-state index contributed by atoms with van der Waals surface area (Å²) >= 11 is 0. The number of ether oxygens (including phenoxy) is 1. The van der Waals surface area contributed by atoms with Crippen LogP contribution in [0, 0.1) is 0 Å². The SMILES string of the molecule is CCCCCN1C2COCC1CC(N)C2. The van der Waals surface area contributed by atoms with Gasteiger partial charge >= 0.3 is 0 Å². The average molecular weight is 212 g/mol. The summed E-state index contributed by atoms with van der Waals surface area (Å²) in [4.78, 5) is 2.66. The normalized spacial score (nSPS) is 36.8. The molecule has 0 aromatic carbocycles. The second-order valence-corrected chi connectivity index (χ2v) is 5.02. The average Bonchev–Trinajstić information content (AvgIpc) is 2.19. The molecule has 0 spiro atoms. The minimum Gasteiger partial charge on any atom is -0.378 e. The Bertz CT molecular complexity index is 184. The molecule has 2 aliphatic rings. The molecular formula is C12H24N2O. The second kappa shape index (κ2) is 5.28. The van der Waals surface area contributed by atoms with E-state index in [9.17, 15) is 0 Å². The Hall–Kier alpha value is -0.120. The van der Waals surface area contributed by atoms with Gasteiger partial charge in [-0.25, -0.2) is 0 Å². The van der Waals surface area contributed by atoms with E-state index >= 15 is 0 Å². The van der Waals surface area contributed by atoms with Crippen LogP contribution in [-0.4, -0.2) is 42.8 Å². The standard InChI is InChI=1S/C12H24N2O/c1-2-3-4-5-14-11-6-10(13)7-12(14)9-15-8-11/h10-12H,2-9,13H2,1H3. The quantitative estimate of drug-likeness (QED) is 0.715. The summed E-state index contributed by atoms with van der Waals surface area (Å²) in [5.74, 6) is 0. The molecule has 0 radical (unpaired) electrons. The van der Waals surface area contributed by atoms with Crippen LogP contribution in [0.25, 0.3) is 0 Å². The van der Waals surface area contributed by atoms with Gasteiger partial charge in [0.05, 0.1) is 13.2 Å². The number of hydrogen-bond donors (Lipinski definition) is 1. The fourth-order valence-electron chi connectivity index (χ4n) is 2.94.